The largest absolute Gasteiger partial charge is 0.433 e. The molecule has 6 rings (SSSR count). The molecular weight excluding hydrogens is 569 g/mol. The lowest BCUT2D eigenvalue weighted by Gasteiger charge is -2.49. The average molecular weight is 598 g/mol. The molecule has 41 heavy (non-hydrogen) atoms. The second-order valence-corrected chi connectivity index (χ2v) is 12.9. The fraction of sp³-hybridized carbons (Fsp3) is 0.500. The lowest BCUT2D eigenvalue weighted by molar-refractivity contribution is -0.141. The number of hydrogen-bond acceptors (Lipinski definition) is 8. The summed E-state index contributed by atoms with van der Waals surface area (Å²) in [5.74, 6) is 0.314. The third-order valence-electron chi connectivity index (χ3n) is 8.11. The highest BCUT2D eigenvalue weighted by Crippen LogP contribution is 2.42. The molecule has 0 radical (unpaired) electrons. The highest BCUT2D eigenvalue weighted by molar-refractivity contribution is 7.89. The minimum absolute atomic E-state index is 0.0841. The highest BCUT2D eigenvalue weighted by Gasteiger charge is 2.45. The summed E-state index contributed by atoms with van der Waals surface area (Å²) in [7, 11) is -4.01. The number of aromatic nitrogens is 3. The molecule has 0 atom stereocenters. The van der Waals surface area contributed by atoms with Crippen LogP contribution in [-0.4, -0.2) is 73.0 Å². The second kappa shape index (κ2) is 10.3. The Bertz CT molecular complexity index is 1530. The van der Waals surface area contributed by atoms with Gasteiger partial charge in [0.05, 0.1) is 11.2 Å². The van der Waals surface area contributed by atoms with Gasteiger partial charge >= 0.3 is 6.18 Å². The molecule has 9 nitrogen and oxygen atoms in total. The summed E-state index contributed by atoms with van der Waals surface area (Å²) < 4.78 is 92.9. The van der Waals surface area contributed by atoms with Crippen molar-refractivity contribution in [1.82, 2.24) is 24.6 Å². The van der Waals surface area contributed by atoms with Crippen molar-refractivity contribution >= 4 is 32.6 Å². The van der Waals surface area contributed by atoms with E-state index in [9.17, 15) is 30.4 Å². The van der Waals surface area contributed by atoms with E-state index in [-0.39, 0.29) is 35.0 Å². The van der Waals surface area contributed by atoms with E-state index >= 15 is 0 Å². The van der Waals surface area contributed by atoms with Gasteiger partial charge in [-0.2, -0.15) is 17.5 Å². The number of anilines is 2. The summed E-state index contributed by atoms with van der Waals surface area (Å²) >= 11 is 0. The number of fused-ring (bicyclic) bond motifs is 1. The zero-order chi connectivity index (χ0) is 29.0. The number of alkyl halides is 5. The first-order valence-corrected chi connectivity index (χ1v) is 14.7. The summed E-state index contributed by atoms with van der Waals surface area (Å²) in [4.78, 5) is 14.1. The van der Waals surface area contributed by atoms with Crippen molar-refractivity contribution in [3.05, 3.63) is 47.9 Å². The van der Waals surface area contributed by atoms with Crippen molar-refractivity contribution in [2.45, 2.75) is 42.8 Å². The van der Waals surface area contributed by atoms with Gasteiger partial charge in [-0.1, -0.05) is 0 Å². The van der Waals surface area contributed by atoms with Crippen LogP contribution >= 0.6 is 0 Å². The van der Waals surface area contributed by atoms with Gasteiger partial charge in [-0.15, -0.1) is 0 Å². The Kier molecular flexibility index (Phi) is 7.01. The monoisotopic (exact) mass is 597 g/mol. The van der Waals surface area contributed by atoms with Crippen LogP contribution in [0.15, 0.2) is 41.6 Å². The fourth-order valence-electron chi connectivity index (χ4n) is 5.86. The lowest BCUT2D eigenvalue weighted by atomic mass is 9.78. The van der Waals surface area contributed by atoms with Crippen LogP contribution in [-0.2, 0) is 16.2 Å². The van der Waals surface area contributed by atoms with E-state index in [4.69, 9.17) is 0 Å². The molecule has 0 aliphatic carbocycles. The van der Waals surface area contributed by atoms with Crippen LogP contribution in [0.4, 0.5) is 33.6 Å². The molecule has 0 unspecified atom stereocenters. The number of benzene rings is 1. The molecule has 5 heterocycles. The van der Waals surface area contributed by atoms with Crippen molar-refractivity contribution in [3.8, 4) is 0 Å². The Hall–Kier alpha value is -3.17. The normalized spacial score (nSPS) is 20.2. The minimum atomic E-state index is -4.66. The van der Waals surface area contributed by atoms with E-state index in [1.165, 1.54) is 22.6 Å². The molecule has 1 spiro atoms. The van der Waals surface area contributed by atoms with Gasteiger partial charge in [-0.05, 0) is 50.1 Å². The first-order chi connectivity index (χ1) is 19.4. The first kappa shape index (κ1) is 28.0. The molecule has 0 amide bonds. The predicted octanol–water partition coefficient (Wildman–Crippen LogP) is 4.05. The summed E-state index contributed by atoms with van der Waals surface area (Å²) in [6, 6.07) is 4.31. The molecule has 0 bridgehead atoms. The Morgan fingerprint density at radius 2 is 1.83 bits per heavy atom. The van der Waals surface area contributed by atoms with E-state index < -0.39 is 28.3 Å². The van der Waals surface area contributed by atoms with Crippen LogP contribution in [0.5, 0.6) is 0 Å². The summed E-state index contributed by atoms with van der Waals surface area (Å²) in [6.45, 7) is 3.65. The van der Waals surface area contributed by atoms with Crippen molar-refractivity contribution in [1.29, 1.82) is 0 Å². The van der Waals surface area contributed by atoms with Crippen LogP contribution in [0.1, 0.15) is 36.9 Å². The van der Waals surface area contributed by atoms with Gasteiger partial charge in [-0.25, -0.2) is 27.2 Å². The van der Waals surface area contributed by atoms with Crippen molar-refractivity contribution < 1.29 is 30.4 Å². The fourth-order valence-corrected chi connectivity index (χ4v) is 7.27. The molecule has 3 saturated heterocycles. The average Bonchev–Trinajstić information content (AvgIpc) is 3.42. The zero-order valence-corrected chi connectivity index (χ0v) is 22.6. The number of pyridine rings is 1. The summed E-state index contributed by atoms with van der Waals surface area (Å²) in [5, 5.41) is 7.12. The van der Waals surface area contributed by atoms with Crippen LogP contribution in [0.3, 0.4) is 0 Å². The molecule has 2 N–H and O–H groups in total. The third-order valence-corrected chi connectivity index (χ3v) is 10.00. The molecule has 1 aromatic carbocycles. The van der Waals surface area contributed by atoms with Crippen LogP contribution in [0.2, 0.25) is 0 Å². The number of rotatable bonds is 6. The standard InChI is InChI=1S/C26H28F5N7O2S/c27-23(28)16-9-17-11-34-24(36-22(17)20(10-16)37-14-25(15-37)5-6-32-13-25)35-18-3-7-38(8-4-18)41(39,40)19-1-2-21(33-12-19)26(29,30)31/h1-2,9-12,18,23,32H,3-8,13-15H2,(H,34,35,36). The topological polar surface area (TPSA) is 103 Å². The number of sulfonamides is 1. The number of halogens is 5. The van der Waals surface area contributed by atoms with E-state index in [2.05, 4.69) is 30.5 Å². The first-order valence-electron chi connectivity index (χ1n) is 13.3. The maximum atomic E-state index is 13.7. The van der Waals surface area contributed by atoms with E-state index in [1.807, 2.05) is 0 Å². The molecule has 15 heteroatoms. The van der Waals surface area contributed by atoms with Gasteiger partial charge in [-0.3, -0.25) is 4.98 Å². The van der Waals surface area contributed by atoms with Gasteiger partial charge in [0.15, 0.2) is 0 Å². The number of piperidine rings is 1. The number of nitrogens with zero attached hydrogens (tertiary/aromatic N) is 5. The molecule has 220 valence electrons. The highest BCUT2D eigenvalue weighted by atomic mass is 32.2. The van der Waals surface area contributed by atoms with E-state index in [0.717, 1.165) is 44.9 Å². The van der Waals surface area contributed by atoms with Gasteiger partial charge in [0.1, 0.15) is 10.6 Å². The molecule has 3 aliphatic rings. The smallest absolute Gasteiger partial charge is 0.368 e. The molecule has 3 aliphatic heterocycles. The second-order valence-electron chi connectivity index (χ2n) is 11.0. The minimum Gasteiger partial charge on any atom is -0.368 e. The van der Waals surface area contributed by atoms with Gasteiger partial charge in [0.2, 0.25) is 16.0 Å². The summed E-state index contributed by atoms with van der Waals surface area (Å²) in [6.07, 6.45) is -3.18. The number of nitrogens with one attached hydrogen (secondary N) is 2. The SMILES string of the molecule is O=S(=O)(c1ccc(C(F)(F)F)nc1)N1CCC(Nc2ncc3cc(C(F)F)cc(N4CC5(CCNC5)C4)c3n2)CC1. The Labute approximate surface area is 233 Å². The van der Waals surface area contributed by atoms with Crippen LogP contribution in [0, 0.1) is 5.41 Å². The molecule has 2 aromatic heterocycles. The Balaban J connectivity index is 1.15. The maximum absolute atomic E-state index is 13.7. The van der Waals surface area contributed by atoms with Gasteiger partial charge < -0.3 is 15.5 Å². The molecule has 3 fully saturated rings. The van der Waals surface area contributed by atoms with Crippen LogP contribution in [0.25, 0.3) is 10.9 Å². The summed E-state index contributed by atoms with van der Waals surface area (Å²) in [5.41, 5.74) is 0.132. The molecule has 0 saturated carbocycles. The number of hydrogen-bond donors (Lipinski definition) is 2. The Morgan fingerprint density at radius 3 is 2.44 bits per heavy atom. The quantitative estimate of drug-likeness (QED) is 0.411. The molecular formula is C26H28F5N7O2S. The maximum Gasteiger partial charge on any atom is 0.433 e. The van der Waals surface area contributed by atoms with Crippen molar-refractivity contribution in [3.63, 3.8) is 0 Å². The zero-order valence-electron chi connectivity index (χ0n) is 21.8. The predicted molar refractivity (Wildman–Crippen MR) is 141 cm³/mol. The van der Waals surface area contributed by atoms with Gasteiger partial charge in [0.25, 0.3) is 6.43 Å². The Morgan fingerprint density at radius 1 is 1.07 bits per heavy atom. The van der Waals surface area contributed by atoms with E-state index in [0.29, 0.717) is 41.4 Å². The lowest BCUT2D eigenvalue weighted by Crippen LogP contribution is -2.57. The van der Waals surface area contributed by atoms with Crippen LogP contribution < -0.4 is 15.5 Å². The van der Waals surface area contributed by atoms with E-state index in [1.54, 1.807) is 0 Å². The van der Waals surface area contributed by atoms with Crippen molar-refractivity contribution in [2.75, 3.05) is 49.5 Å². The van der Waals surface area contributed by atoms with Gasteiger partial charge in [0, 0.05) is 67.5 Å². The molecule has 3 aromatic rings. The van der Waals surface area contributed by atoms with Crippen molar-refractivity contribution in [2.24, 2.45) is 5.41 Å². The third kappa shape index (κ3) is 5.42.